The van der Waals surface area contributed by atoms with Crippen LogP contribution in [0, 0.1) is 11.3 Å². The lowest BCUT2D eigenvalue weighted by molar-refractivity contribution is 0.0576. The normalized spacial score (nSPS) is 28.9. The molecule has 0 radical (unpaired) electrons. The van der Waals surface area contributed by atoms with E-state index in [0.717, 1.165) is 5.92 Å². The van der Waals surface area contributed by atoms with Gasteiger partial charge in [-0.05, 0) is 37.0 Å². The Bertz CT molecular complexity index is 162. The van der Waals surface area contributed by atoms with Gasteiger partial charge in [0.1, 0.15) is 0 Å². The largest absolute Gasteiger partial charge is 0.396 e. The van der Waals surface area contributed by atoms with Crippen LogP contribution in [0.15, 0.2) is 0 Å². The van der Waals surface area contributed by atoms with Crippen LogP contribution in [0.3, 0.4) is 0 Å². The number of aliphatic hydroxyl groups excluding tert-OH is 1. The molecule has 0 atom stereocenters. The van der Waals surface area contributed by atoms with Crippen LogP contribution in [-0.2, 0) is 0 Å². The number of aliphatic hydroxyl groups is 1. The van der Waals surface area contributed by atoms with E-state index in [0.29, 0.717) is 12.0 Å². The van der Waals surface area contributed by atoms with Crippen LogP contribution in [-0.4, -0.2) is 11.7 Å². The zero-order chi connectivity index (χ0) is 9.86. The maximum absolute atomic E-state index is 9.66. The van der Waals surface area contributed by atoms with Gasteiger partial charge in [-0.25, -0.2) is 0 Å². The molecule has 1 nitrogen and oxygen atoms in total. The summed E-state index contributed by atoms with van der Waals surface area (Å²) in [5.74, 6) is 0.845. The Balaban J connectivity index is 2.01. The summed E-state index contributed by atoms with van der Waals surface area (Å²) in [6, 6.07) is 0. The molecule has 0 aromatic rings. The van der Waals surface area contributed by atoms with Gasteiger partial charge in [-0.2, -0.15) is 0 Å². The Morgan fingerprint density at radius 1 is 0.857 bits per heavy atom. The third-order valence-corrected chi connectivity index (χ3v) is 4.64. The molecule has 0 aliphatic heterocycles. The predicted octanol–water partition coefficient (Wildman–Crippen LogP) is 3.51. The Labute approximate surface area is 87.9 Å². The summed E-state index contributed by atoms with van der Waals surface area (Å²) in [5.41, 5.74) is 0.352. The molecule has 82 valence electrons. The van der Waals surface area contributed by atoms with Crippen molar-refractivity contribution in [2.24, 2.45) is 11.3 Å². The third kappa shape index (κ3) is 1.98. The highest BCUT2D eigenvalue weighted by molar-refractivity contribution is 4.90. The van der Waals surface area contributed by atoms with Crippen molar-refractivity contribution in [2.75, 3.05) is 6.61 Å². The van der Waals surface area contributed by atoms with Crippen molar-refractivity contribution in [1.82, 2.24) is 0 Å². The van der Waals surface area contributed by atoms with Crippen molar-refractivity contribution in [3.63, 3.8) is 0 Å². The van der Waals surface area contributed by atoms with E-state index in [1.165, 1.54) is 64.2 Å². The lowest BCUT2D eigenvalue weighted by Crippen LogP contribution is -2.31. The van der Waals surface area contributed by atoms with E-state index in [2.05, 4.69) is 0 Å². The van der Waals surface area contributed by atoms with Gasteiger partial charge >= 0.3 is 0 Å². The van der Waals surface area contributed by atoms with E-state index in [1.54, 1.807) is 0 Å². The molecule has 2 rings (SSSR count). The van der Waals surface area contributed by atoms with Crippen molar-refractivity contribution < 1.29 is 5.11 Å². The smallest absolute Gasteiger partial charge is 0.0490 e. The summed E-state index contributed by atoms with van der Waals surface area (Å²) in [5, 5.41) is 9.66. The first-order valence-corrected chi connectivity index (χ1v) is 6.48. The minimum Gasteiger partial charge on any atom is -0.396 e. The summed E-state index contributed by atoms with van der Waals surface area (Å²) in [6.07, 6.45) is 13.8. The molecule has 14 heavy (non-hydrogen) atoms. The van der Waals surface area contributed by atoms with Crippen LogP contribution in [0.4, 0.5) is 0 Å². The average Bonchev–Trinajstić information content (AvgIpc) is 2.54. The van der Waals surface area contributed by atoms with Crippen LogP contribution in [0.5, 0.6) is 0 Å². The molecule has 0 aromatic carbocycles. The standard InChI is InChI=1S/C13H24O/c14-11-13(9-5-6-10-13)12-7-3-1-2-4-8-12/h12,14H,1-11H2. The zero-order valence-corrected chi connectivity index (χ0v) is 9.30. The molecule has 0 heterocycles. The van der Waals surface area contributed by atoms with E-state index in [-0.39, 0.29) is 0 Å². The third-order valence-electron chi connectivity index (χ3n) is 4.64. The molecular formula is C13H24O. The first kappa shape index (κ1) is 10.5. The Morgan fingerprint density at radius 3 is 1.93 bits per heavy atom. The first-order valence-electron chi connectivity index (χ1n) is 6.48. The molecule has 2 fully saturated rings. The van der Waals surface area contributed by atoms with Gasteiger partial charge in [0.15, 0.2) is 0 Å². The first-order chi connectivity index (χ1) is 6.87. The van der Waals surface area contributed by atoms with Crippen molar-refractivity contribution >= 4 is 0 Å². The molecule has 0 aromatic heterocycles. The van der Waals surface area contributed by atoms with Gasteiger partial charge in [0.05, 0.1) is 0 Å². The molecule has 2 aliphatic rings. The fourth-order valence-electron chi connectivity index (χ4n) is 3.67. The number of hydrogen-bond acceptors (Lipinski definition) is 1. The van der Waals surface area contributed by atoms with E-state index < -0.39 is 0 Å². The van der Waals surface area contributed by atoms with E-state index >= 15 is 0 Å². The topological polar surface area (TPSA) is 20.2 Å². The monoisotopic (exact) mass is 196 g/mol. The van der Waals surface area contributed by atoms with Gasteiger partial charge in [0.2, 0.25) is 0 Å². The highest BCUT2D eigenvalue weighted by Gasteiger charge is 2.40. The van der Waals surface area contributed by atoms with Gasteiger partial charge in [-0.3, -0.25) is 0 Å². The van der Waals surface area contributed by atoms with Crippen molar-refractivity contribution in [1.29, 1.82) is 0 Å². The summed E-state index contributed by atoms with van der Waals surface area (Å²) >= 11 is 0. The van der Waals surface area contributed by atoms with Crippen LogP contribution in [0.25, 0.3) is 0 Å². The molecule has 2 aliphatic carbocycles. The highest BCUT2D eigenvalue weighted by atomic mass is 16.3. The van der Waals surface area contributed by atoms with Crippen LogP contribution in [0.1, 0.15) is 64.2 Å². The molecule has 0 amide bonds. The maximum Gasteiger partial charge on any atom is 0.0490 e. The maximum atomic E-state index is 9.66. The van der Waals surface area contributed by atoms with Crippen LogP contribution >= 0.6 is 0 Å². The summed E-state index contributed by atoms with van der Waals surface area (Å²) in [4.78, 5) is 0. The second-order valence-electron chi connectivity index (χ2n) is 5.42. The van der Waals surface area contributed by atoms with Crippen LogP contribution in [0.2, 0.25) is 0 Å². The molecule has 2 saturated carbocycles. The highest BCUT2D eigenvalue weighted by Crippen LogP contribution is 2.48. The molecule has 1 N–H and O–H groups in total. The molecule has 0 bridgehead atoms. The molecule has 0 unspecified atom stereocenters. The SMILES string of the molecule is OCC1(C2CCCCCC2)CCCC1. The van der Waals surface area contributed by atoms with E-state index in [9.17, 15) is 5.11 Å². The quantitative estimate of drug-likeness (QED) is 0.670. The molecule has 0 spiro atoms. The van der Waals surface area contributed by atoms with Gasteiger partial charge in [0.25, 0.3) is 0 Å². The Hall–Kier alpha value is -0.0400. The molecule has 0 saturated heterocycles. The Morgan fingerprint density at radius 2 is 1.43 bits per heavy atom. The zero-order valence-electron chi connectivity index (χ0n) is 9.30. The van der Waals surface area contributed by atoms with Gasteiger partial charge < -0.3 is 5.11 Å². The Kier molecular flexibility index (Phi) is 3.48. The van der Waals surface area contributed by atoms with Crippen LogP contribution < -0.4 is 0 Å². The summed E-state index contributed by atoms with van der Waals surface area (Å²) in [7, 11) is 0. The lowest BCUT2D eigenvalue weighted by atomic mass is 9.71. The second kappa shape index (κ2) is 4.65. The molecule has 1 heteroatoms. The fraction of sp³-hybridized carbons (Fsp3) is 1.00. The van der Waals surface area contributed by atoms with Gasteiger partial charge in [-0.15, -0.1) is 0 Å². The fourth-order valence-corrected chi connectivity index (χ4v) is 3.67. The minimum absolute atomic E-state index is 0.352. The van der Waals surface area contributed by atoms with Crippen molar-refractivity contribution in [3.05, 3.63) is 0 Å². The van der Waals surface area contributed by atoms with Gasteiger partial charge in [-0.1, -0.05) is 38.5 Å². The second-order valence-corrected chi connectivity index (χ2v) is 5.42. The van der Waals surface area contributed by atoms with Crippen molar-refractivity contribution in [3.8, 4) is 0 Å². The van der Waals surface area contributed by atoms with E-state index in [1.807, 2.05) is 0 Å². The summed E-state index contributed by atoms with van der Waals surface area (Å²) in [6.45, 7) is 0.456. The predicted molar refractivity (Wildman–Crippen MR) is 59.2 cm³/mol. The lowest BCUT2D eigenvalue weighted by Gasteiger charge is -2.35. The number of hydrogen-bond donors (Lipinski definition) is 1. The summed E-state index contributed by atoms with van der Waals surface area (Å²) < 4.78 is 0. The minimum atomic E-state index is 0.352. The molecular weight excluding hydrogens is 172 g/mol. The van der Waals surface area contributed by atoms with Gasteiger partial charge in [0, 0.05) is 6.61 Å². The van der Waals surface area contributed by atoms with E-state index in [4.69, 9.17) is 0 Å². The van der Waals surface area contributed by atoms with Crippen molar-refractivity contribution in [2.45, 2.75) is 64.2 Å². The average molecular weight is 196 g/mol. The number of rotatable bonds is 2.